The highest BCUT2D eigenvalue weighted by atomic mass is 35.5. The van der Waals surface area contributed by atoms with Crippen molar-refractivity contribution in [2.75, 3.05) is 12.5 Å². The molecule has 4 rings (SSSR count). The number of nitrogens with zero attached hydrogens (tertiary/aromatic N) is 2. The van der Waals surface area contributed by atoms with Crippen molar-refractivity contribution >= 4 is 51.9 Å². The van der Waals surface area contributed by atoms with E-state index in [4.69, 9.17) is 32.7 Å². The number of thiazole rings is 1. The topological polar surface area (TPSA) is 72.8 Å². The summed E-state index contributed by atoms with van der Waals surface area (Å²) in [6.45, 7) is 0. The van der Waals surface area contributed by atoms with E-state index in [2.05, 4.69) is 15.5 Å². The van der Waals surface area contributed by atoms with Crippen LogP contribution in [0.15, 0.2) is 77.2 Å². The van der Waals surface area contributed by atoms with Crippen LogP contribution < -0.4 is 14.9 Å². The number of ether oxygens (including phenoxy) is 2. The van der Waals surface area contributed by atoms with Gasteiger partial charge >= 0.3 is 5.97 Å². The lowest BCUT2D eigenvalue weighted by molar-refractivity contribution is 0.0730. The third-order valence-corrected chi connectivity index (χ3v) is 5.78. The Kier molecular flexibility index (Phi) is 7.24. The number of methoxy groups -OCH3 is 1. The molecule has 0 atom stereocenters. The van der Waals surface area contributed by atoms with Crippen molar-refractivity contribution < 1.29 is 14.3 Å². The van der Waals surface area contributed by atoms with Gasteiger partial charge in [-0.05, 0) is 42.0 Å². The first-order chi connectivity index (χ1) is 16.0. The number of carbonyl (C=O) groups is 1. The third-order valence-electron chi connectivity index (χ3n) is 4.49. The fraction of sp³-hybridized carbons (Fsp3) is 0.0417. The van der Waals surface area contributed by atoms with Crippen LogP contribution in [0.4, 0.5) is 5.13 Å². The molecule has 0 spiro atoms. The Labute approximate surface area is 204 Å². The summed E-state index contributed by atoms with van der Waals surface area (Å²) >= 11 is 13.4. The Morgan fingerprint density at radius 1 is 1.06 bits per heavy atom. The number of esters is 1. The maximum atomic E-state index is 12.5. The summed E-state index contributed by atoms with van der Waals surface area (Å²) in [5, 5.41) is 7.50. The number of halogens is 2. The molecule has 33 heavy (non-hydrogen) atoms. The molecule has 6 nitrogen and oxygen atoms in total. The minimum atomic E-state index is -0.615. The first-order valence-electron chi connectivity index (χ1n) is 9.69. The van der Waals surface area contributed by atoms with E-state index in [1.807, 2.05) is 35.7 Å². The second-order valence-electron chi connectivity index (χ2n) is 6.70. The Hall–Kier alpha value is -3.39. The Morgan fingerprint density at radius 2 is 1.88 bits per heavy atom. The lowest BCUT2D eigenvalue weighted by Gasteiger charge is -2.10. The molecule has 1 N–H and O–H groups in total. The van der Waals surface area contributed by atoms with Crippen molar-refractivity contribution in [1.82, 2.24) is 4.98 Å². The van der Waals surface area contributed by atoms with E-state index in [9.17, 15) is 4.79 Å². The van der Waals surface area contributed by atoms with Crippen molar-refractivity contribution in [3.05, 3.63) is 93.3 Å². The number of anilines is 1. The summed E-state index contributed by atoms with van der Waals surface area (Å²) in [4.78, 5) is 17.0. The molecule has 0 saturated heterocycles. The molecule has 0 amide bonds. The van der Waals surface area contributed by atoms with Crippen LogP contribution in [0, 0.1) is 0 Å². The first-order valence-corrected chi connectivity index (χ1v) is 11.3. The standard InChI is InChI=1S/C24H17Cl2N3O3S/c1-31-22-11-15(7-10-21(22)32-23(30)18-9-8-17(25)12-19(18)26)13-27-29-24-28-20(14-33-24)16-5-3-2-4-6-16/h2-14H,1H3,(H,28,29). The molecule has 0 bridgehead atoms. The monoisotopic (exact) mass is 497 g/mol. The highest BCUT2D eigenvalue weighted by Gasteiger charge is 2.16. The van der Waals surface area contributed by atoms with Crippen LogP contribution in [0.3, 0.4) is 0 Å². The fourth-order valence-corrected chi connectivity index (χ4v) is 4.04. The number of hydrazone groups is 1. The summed E-state index contributed by atoms with van der Waals surface area (Å²) < 4.78 is 10.8. The van der Waals surface area contributed by atoms with Crippen molar-refractivity contribution in [2.45, 2.75) is 0 Å². The smallest absolute Gasteiger partial charge is 0.345 e. The van der Waals surface area contributed by atoms with Gasteiger partial charge in [-0.15, -0.1) is 11.3 Å². The van der Waals surface area contributed by atoms with Crippen LogP contribution in [0.2, 0.25) is 10.0 Å². The average Bonchev–Trinajstić information content (AvgIpc) is 3.29. The number of hydrogen-bond donors (Lipinski definition) is 1. The Balaban J connectivity index is 1.43. The normalized spacial score (nSPS) is 10.9. The maximum Gasteiger partial charge on any atom is 0.345 e. The van der Waals surface area contributed by atoms with E-state index in [1.165, 1.54) is 30.6 Å². The second kappa shape index (κ2) is 10.5. The van der Waals surface area contributed by atoms with E-state index >= 15 is 0 Å². The molecule has 0 radical (unpaired) electrons. The average molecular weight is 498 g/mol. The molecule has 0 aliphatic carbocycles. The molecular weight excluding hydrogens is 481 g/mol. The van der Waals surface area contributed by atoms with Gasteiger partial charge in [0.2, 0.25) is 5.13 Å². The van der Waals surface area contributed by atoms with Crippen LogP contribution >= 0.6 is 34.5 Å². The molecule has 0 saturated carbocycles. The van der Waals surface area contributed by atoms with E-state index < -0.39 is 5.97 Å². The zero-order chi connectivity index (χ0) is 23.2. The summed E-state index contributed by atoms with van der Waals surface area (Å²) in [5.41, 5.74) is 5.79. The number of aromatic nitrogens is 1. The Bertz CT molecular complexity index is 1310. The van der Waals surface area contributed by atoms with Crippen molar-refractivity contribution in [1.29, 1.82) is 0 Å². The van der Waals surface area contributed by atoms with Gasteiger partial charge in [-0.1, -0.05) is 53.5 Å². The minimum Gasteiger partial charge on any atom is -0.493 e. The Morgan fingerprint density at radius 3 is 2.64 bits per heavy atom. The van der Waals surface area contributed by atoms with Gasteiger partial charge in [0, 0.05) is 16.0 Å². The van der Waals surface area contributed by atoms with E-state index in [0.717, 1.165) is 16.8 Å². The lowest BCUT2D eigenvalue weighted by atomic mass is 10.2. The van der Waals surface area contributed by atoms with Gasteiger partial charge in [0.05, 0.1) is 29.6 Å². The zero-order valence-electron chi connectivity index (χ0n) is 17.3. The van der Waals surface area contributed by atoms with Crippen molar-refractivity contribution in [2.24, 2.45) is 5.10 Å². The molecule has 0 aliphatic rings. The molecule has 9 heteroatoms. The maximum absolute atomic E-state index is 12.5. The molecule has 0 aliphatic heterocycles. The largest absolute Gasteiger partial charge is 0.493 e. The predicted molar refractivity (Wildman–Crippen MR) is 133 cm³/mol. The van der Waals surface area contributed by atoms with Crippen LogP contribution in [-0.2, 0) is 0 Å². The molecule has 0 fully saturated rings. The minimum absolute atomic E-state index is 0.205. The summed E-state index contributed by atoms with van der Waals surface area (Å²) in [5.74, 6) is 0.0140. The number of hydrogen-bond acceptors (Lipinski definition) is 7. The molecule has 1 aromatic heterocycles. The zero-order valence-corrected chi connectivity index (χ0v) is 19.6. The summed E-state index contributed by atoms with van der Waals surface area (Å²) in [6.07, 6.45) is 1.62. The van der Waals surface area contributed by atoms with Gasteiger partial charge in [-0.25, -0.2) is 9.78 Å². The van der Waals surface area contributed by atoms with Gasteiger partial charge in [-0.2, -0.15) is 5.10 Å². The number of carbonyl (C=O) groups excluding carboxylic acids is 1. The first kappa shape index (κ1) is 22.8. The number of rotatable bonds is 7. The molecule has 0 unspecified atom stereocenters. The summed E-state index contributed by atoms with van der Waals surface area (Å²) in [7, 11) is 1.49. The molecule has 1 heterocycles. The highest BCUT2D eigenvalue weighted by molar-refractivity contribution is 7.14. The van der Waals surface area contributed by atoms with E-state index in [0.29, 0.717) is 15.9 Å². The van der Waals surface area contributed by atoms with E-state index in [-0.39, 0.29) is 16.3 Å². The van der Waals surface area contributed by atoms with Crippen LogP contribution in [0.1, 0.15) is 15.9 Å². The van der Waals surface area contributed by atoms with Crippen molar-refractivity contribution in [3.8, 4) is 22.8 Å². The molecular formula is C24H17Cl2N3O3S. The van der Waals surface area contributed by atoms with Crippen LogP contribution in [0.5, 0.6) is 11.5 Å². The van der Waals surface area contributed by atoms with Gasteiger partial charge in [-0.3, -0.25) is 5.43 Å². The lowest BCUT2D eigenvalue weighted by Crippen LogP contribution is -2.10. The van der Waals surface area contributed by atoms with Gasteiger partial charge < -0.3 is 9.47 Å². The predicted octanol–water partition coefficient (Wildman–Crippen LogP) is 6.79. The molecule has 3 aromatic carbocycles. The van der Waals surface area contributed by atoms with Gasteiger partial charge in [0.15, 0.2) is 11.5 Å². The van der Waals surface area contributed by atoms with Gasteiger partial charge in [0.25, 0.3) is 0 Å². The van der Waals surface area contributed by atoms with Crippen LogP contribution in [-0.4, -0.2) is 24.3 Å². The third kappa shape index (κ3) is 5.70. The van der Waals surface area contributed by atoms with E-state index in [1.54, 1.807) is 30.5 Å². The summed E-state index contributed by atoms with van der Waals surface area (Å²) in [6, 6.07) is 19.5. The fourth-order valence-electron chi connectivity index (χ4n) is 2.89. The number of nitrogens with one attached hydrogen (secondary N) is 1. The quantitative estimate of drug-likeness (QED) is 0.131. The van der Waals surface area contributed by atoms with Crippen molar-refractivity contribution in [3.63, 3.8) is 0 Å². The van der Waals surface area contributed by atoms with Gasteiger partial charge in [0.1, 0.15) is 0 Å². The van der Waals surface area contributed by atoms with Crippen LogP contribution in [0.25, 0.3) is 11.3 Å². The molecule has 166 valence electrons. The SMILES string of the molecule is COc1cc(C=NNc2nc(-c3ccccc3)cs2)ccc1OC(=O)c1ccc(Cl)cc1Cl. The second-order valence-corrected chi connectivity index (χ2v) is 8.40. The highest BCUT2D eigenvalue weighted by Crippen LogP contribution is 2.30. The molecule has 4 aromatic rings. The number of benzene rings is 3.